The molecule has 0 N–H and O–H groups in total. The van der Waals surface area contributed by atoms with Crippen LogP contribution >= 0.6 is 22.9 Å². The van der Waals surface area contributed by atoms with Crippen molar-refractivity contribution in [2.75, 3.05) is 6.61 Å². The molecule has 0 bridgehead atoms. The number of thiazole rings is 1. The molecule has 1 aliphatic heterocycles. The summed E-state index contributed by atoms with van der Waals surface area (Å²) >= 11 is 7.54. The molecule has 1 atom stereocenters. The van der Waals surface area contributed by atoms with Crippen LogP contribution in [0.4, 0.5) is 0 Å². The first-order valence-electron chi connectivity index (χ1n) is 13.7. The Morgan fingerprint density at radius 1 is 1.10 bits per heavy atom. The summed E-state index contributed by atoms with van der Waals surface area (Å²) in [5.74, 6) is 0.724. The summed E-state index contributed by atoms with van der Waals surface area (Å²) in [6.45, 7) is 7.90. The van der Waals surface area contributed by atoms with E-state index < -0.39 is 12.0 Å². The number of ether oxygens (including phenoxy) is 3. The third-order valence-corrected chi connectivity index (χ3v) is 7.95. The average Bonchev–Trinajstić information content (AvgIpc) is 3.26. The molecule has 0 radical (unpaired) electrons. The number of para-hydroxylation sites is 1. The number of nitrogens with zero attached hydrogens (tertiary/aromatic N) is 2. The van der Waals surface area contributed by atoms with Gasteiger partial charge in [-0.1, -0.05) is 71.5 Å². The molecule has 1 aliphatic rings. The Morgan fingerprint density at radius 2 is 1.86 bits per heavy atom. The number of fused-ring (bicyclic) bond motifs is 1. The maximum Gasteiger partial charge on any atom is 0.338 e. The van der Waals surface area contributed by atoms with E-state index in [4.69, 9.17) is 25.8 Å². The summed E-state index contributed by atoms with van der Waals surface area (Å²) in [5.41, 5.74) is 2.91. The van der Waals surface area contributed by atoms with E-state index in [-0.39, 0.29) is 18.3 Å². The van der Waals surface area contributed by atoms with Gasteiger partial charge in [-0.3, -0.25) is 9.36 Å². The first kappa shape index (κ1) is 29.4. The van der Waals surface area contributed by atoms with Crippen molar-refractivity contribution in [1.29, 1.82) is 0 Å². The third kappa shape index (κ3) is 6.20. The molecule has 7 nitrogen and oxygen atoms in total. The first-order valence-corrected chi connectivity index (χ1v) is 14.9. The van der Waals surface area contributed by atoms with Gasteiger partial charge >= 0.3 is 5.97 Å². The van der Waals surface area contributed by atoms with Crippen LogP contribution in [0, 0.1) is 0 Å². The van der Waals surface area contributed by atoms with E-state index in [0.717, 1.165) is 11.1 Å². The van der Waals surface area contributed by atoms with E-state index in [1.807, 2.05) is 92.7 Å². The molecule has 0 spiro atoms. The second-order valence-corrected chi connectivity index (χ2v) is 11.4. The summed E-state index contributed by atoms with van der Waals surface area (Å²) < 4.78 is 19.5. The minimum atomic E-state index is -0.761. The number of allylic oxidation sites excluding steroid dienone is 1. The Morgan fingerprint density at radius 3 is 2.62 bits per heavy atom. The number of hydrogen-bond acceptors (Lipinski definition) is 7. The van der Waals surface area contributed by atoms with Crippen LogP contribution in [0.1, 0.15) is 50.4 Å². The fourth-order valence-corrected chi connectivity index (χ4v) is 6.01. The van der Waals surface area contributed by atoms with Crippen LogP contribution in [-0.4, -0.2) is 23.2 Å². The number of carbonyl (C=O) groups excluding carboxylic acids is 1. The van der Waals surface area contributed by atoms with E-state index in [1.165, 1.54) is 11.3 Å². The molecule has 0 fully saturated rings. The SMILES string of the molecule is CCOC(=O)C1=C(C)N=c2s/c(=C\c3cccc(OCc4ccccc4Cl)c3)c(=O)n2[C@H]1c1ccccc1OC(C)C. The van der Waals surface area contributed by atoms with Crippen LogP contribution in [0.5, 0.6) is 11.5 Å². The van der Waals surface area contributed by atoms with Crippen molar-refractivity contribution < 1.29 is 19.0 Å². The second-order valence-electron chi connectivity index (χ2n) is 9.96. The topological polar surface area (TPSA) is 79.1 Å². The molecule has 9 heteroatoms. The molecule has 42 heavy (non-hydrogen) atoms. The Balaban J connectivity index is 1.58. The Labute approximate surface area is 253 Å². The van der Waals surface area contributed by atoms with Crippen molar-refractivity contribution in [3.8, 4) is 11.5 Å². The second kappa shape index (κ2) is 12.8. The average molecular weight is 603 g/mol. The van der Waals surface area contributed by atoms with Crippen molar-refractivity contribution in [3.05, 3.63) is 125 Å². The van der Waals surface area contributed by atoms with Crippen molar-refractivity contribution in [1.82, 2.24) is 4.57 Å². The number of esters is 1. The van der Waals surface area contributed by atoms with Gasteiger partial charge in [0.25, 0.3) is 5.56 Å². The molecule has 216 valence electrons. The molecular formula is C33H31ClN2O5S. The van der Waals surface area contributed by atoms with E-state index in [2.05, 4.69) is 4.99 Å². The lowest BCUT2D eigenvalue weighted by molar-refractivity contribution is -0.139. The number of aromatic nitrogens is 1. The number of rotatable bonds is 9. The van der Waals surface area contributed by atoms with Gasteiger partial charge in [-0.2, -0.15) is 0 Å². The molecule has 3 aromatic carbocycles. The molecule has 0 saturated carbocycles. The van der Waals surface area contributed by atoms with Gasteiger partial charge in [-0.25, -0.2) is 9.79 Å². The number of hydrogen-bond donors (Lipinski definition) is 0. The number of benzene rings is 3. The Kier molecular flexibility index (Phi) is 8.94. The molecule has 0 amide bonds. The van der Waals surface area contributed by atoms with Gasteiger partial charge in [0.2, 0.25) is 0 Å². The summed E-state index contributed by atoms with van der Waals surface area (Å²) in [6, 6.07) is 21.7. The summed E-state index contributed by atoms with van der Waals surface area (Å²) in [6.07, 6.45) is 1.70. The highest BCUT2D eigenvalue weighted by molar-refractivity contribution is 7.07. The van der Waals surface area contributed by atoms with Crippen LogP contribution in [0.15, 0.2) is 93.9 Å². The molecule has 1 aromatic heterocycles. The Hall–Kier alpha value is -4.14. The summed E-state index contributed by atoms with van der Waals surface area (Å²) in [7, 11) is 0. The fourth-order valence-electron chi connectivity index (χ4n) is 4.78. The van der Waals surface area contributed by atoms with E-state index in [0.29, 0.717) is 49.3 Å². The summed E-state index contributed by atoms with van der Waals surface area (Å²) in [4.78, 5) is 32.4. The first-order chi connectivity index (χ1) is 20.3. The lowest BCUT2D eigenvalue weighted by Crippen LogP contribution is -2.40. The number of halogens is 1. The van der Waals surface area contributed by atoms with Gasteiger partial charge in [0.05, 0.1) is 28.5 Å². The monoisotopic (exact) mass is 602 g/mol. The smallest absolute Gasteiger partial charge is 0.338 e. The highest BCUT2D eigenvalue weighted by Gasteiger charge is 2.35. The van der Waals surface area contributed by atoms with Crippen LogP contribution in [0.2, 0.25) is 5.02 Å². The minimum Gasteiger partial charge on any atom is -0.491 e. The zero-order valence-electron chi connectivity index (χ0n) is 23.8. The maximum atomic E-state index is 14.0. The molecule has 4 aromatic rings. The fraction of sp³-hybridized carbons (Fsp3) is 0.242. The van der Waals surface area contributed by atoms with Crippen molar-refractivity contribution in [2.24, 2.45) is 4.99 Å². The minimum absolute atomic E-state index is 0.106. The Bertz CT molecular complexity index is 1840. The third-order valence-electron chi connectivity index (χ3n) is 6.60. The quantitative estimate of drug-likeness (QED) is 0.226. The lowest BCUT2D eigenvalue weighted by atomic mass is 9.95. The van der Waals surface area contributed by atoms with Crippen LogP contribution in [0.25, 0.3) is 6.08 Å². The van der Waals surface area contributed by atoms with Gasteiger partial charge in [0.15, 0.2) is 4.80 Å². The van der Waals surface area contributed by atoms with Gasteiger partial charge in [0, 0.05) is 16.1 Å². The van der Waals surface area contributed by atoms with E-state index >= 15 is 0 Å². The number of carbonyl (C=O) groups is 1. The lowest BCUT2D eigenvalue weighted by Gasteiger charge is -2.26. The van der Waals surface area contributed by atoms with Crippen LogP contribution < -0.4 is 24.4 Å². The van der Waals surface area contributed by atoms with Gasteiger partial charge in [0.1, 0.15) is 24.1 Å². The van der Waals surface area contributed by atoms with Gasteiger partial charge in [-0.05, 0) is 63.6 Å². The van der Waals surface area contributed by atoms with Crippen molar-refractivity contribution in [2.45, 2.75) is 46.4 Å². The predicted octanol–water partition coefficient (Wildman–Crippen LogP) is 5.82. The molecule has 0 aliphatic carbocycles. The highest BCUT2D eigenvalue weighted by Crippen LogP contribution is 2.36. The van der Waals surface area contributed by atoms with Crippen molar-refractivity contribution in [3.63, 3.8) is 0 Å². The zero-order chi connectivity index (χ0) is 29.8. The van der Waals surface area contributed by atoms with Crippen LogP contribution in [-0.2, 0) is 16.1 Å². The van der Waals surface area contributed by atoms with Crippen molar-refractivity contribution >= 4 is 35.0 Å². The van der Waals surface area contributed by atoms with E-state index in [9.17, 15) is 9.59 Å². The molecule has 0 saturated heterocycles. The maximum absolute atomic E-state index is 14.0. The van der Waals surface area contributed by atoms with Crippen LogP contribution in [0.3, 0.4) is 0 Å². The van der Waals surface area contributed by atoms with E-state index in [1.54, 1.807) is 18.4 Å². The largest absolute Gasteiger partial charge is 0.491 e. The standard InChI is InChI=1S/C33H31ClN2O5S/c1-5-39-32(38)29-21(4)35-33-36(30(29)25-14-7-9-16-27(25)41-20(2)3)31(37)28(42-33)18-22-11-10-13-24(17-22)40-19-23-12-6-8-15-26(23)34/h6-18,20,30H,5,19H2,1-4H3/b28-18-/t30-/m0/s1. The van der Waals surface area contributed by atoms with Gasteiger partial charge in [-0.15, -0.1) is 0 Å². The molecule has 0 unspecified atom stereocenters. The molecule has 5 rings (SSSR count). The highest BCUT2D eigenvalue weighted by atomic mass is 35.5. The molecular weight excluding hydrogens is 572 g/mol. The predicted molar refractivity (Wildman–Crippen MR) is 165 cm³/mol. The van der Waals surface area contributed by atoms with Gasteiger partial charge < -0.3 is 14.2 Å². The summed E-state index contributed by atoms with van der Waals surface area (Å²) in [5, 5.41) is 0.641. The normalized spacial score (nSPS) is 14.9. The molecule has 2 heterocycles. The zero-order valence-corrected chi connectivity index (χ0v) is 25.4.